The second-order valence-electron chi connectivity index (χ2n) is 6.46. The van der Waals surface area contributed by atoms with Gasteiger partial charge in [-0.25, -0.2) is 0 Å². The van der Waals surface area contributed by atoms with Gasteiger partial charge in [-0.2, -0.15) is 0 Å². The number of fused-ring (bicyclic) bond motifs is 3. The number of nitrogens with zero attached hydrogens (tertiary/aromatic N) is 1. The molecule has 0 aromatic heterocycles. The third-order valence-electron chi connectivity index (χ3n) is 5.49. The Morgan fingerprint density at radius 3 is 3.00 bits per heavy atom. The first-order valence-electron chi connectivity index (χ1n) is 7.80. The van der Waals surface area contributed by atoms with Gasteiger partial charge < -0.3 is 10.0 Å². The van der Waals surface area contributed by atoms with Crippen LogP contribution in [-0.4, -0.2) is 35.1 Å². The molecule has 0 spiro atoms. The van der Waals surface area contributed by atoms with Crippen LogP contribution in [0.5, 0.6) is 0 Å². The lowest BCUT2D eigenvalue weighted by atomic mass is 9.92. The van der Waals surface area contributed by atoms with Gasteiger partial charge in [0.15, 0.2) is 0 Å². The molecule has 4 rings (SSSR count). The summed E-state index contributed by atoms with van der Waals surface area (Å²) in [5.74, 6) is 1.49. The lowest BCUT2D eigenvalue weighted by Gasteiger charge is -2.23. The zero-order chi connectivity index (χ0) is 13.7. The molecular formula is C17H21NO2. The Kier molecular flexibility index (Phi) is 2.84. The Balaban J connectivity index is 1.56. The second kappa shape index (κ2) is 4.59. The highest BCUT2D eigenvalue weighted by atomic mass is 16.3. The number of aliphatic hydroxyl groups is 1. The van der Waals surface area contributed by atoms with Crippen molar-refractivity contribution in [1.82, 2.24) is 4.90 Å². The highest BCUT2D eigenvalue weighted by Crippen LogP contribution is 2.60. The summed E-state index contributed by atoms with van der Waals surface area (Å²) in [5, 5.41) is 9.41. The molecule has 1 N–H and O–H groups in total. The molecule has 0 bridgehead atoms. The van der Waals surface area contributed by atoms with E-state index in [-0.39, 0.29) is 18.6 Å². The molecule has 1 aromatic carbocycles. The summed E-state index contributed by atoms with van der Waals surface area (Å²) in [4.78, 5) is 14.7. The van der Waals surface area contributed by atoms with E-state index in [2.05, 4.69) is 24.3 Å². The van der Waals surface area contributed by atoms with Crippen LogP contribution in [0.2, 0.25) is 0 Å². The van der Waals surface area contributed by atoms with Crippen LogP contribution in [0.15, 0.2) is 24.3 Å². The van der Waals surface area contributed by atoms with E-state index < -0.39 is 0 Å². The number of hydrogen-bond acceptors (Lipinski definition) is 2. The topological polar surface area (TPSA) is 40.5 Å². The predicted molar refractivity (Wildman–Crippen MR) is 76.3 cm³/mol. The third kappa shape index (κ3) is 1.72. The predicted octanol–water partition coefficient (Wildman–Crippen LogP) is 1.95. The lowest BCUT2D eigenvalue weighted by Crippen LogP contribution is -2.39. The van der Waals surface area contributed by atoms with E-state index in [4.69, 9.17) is 0 Å². The van der Waals surface area contributed by atoms with Crippen LogP contribution in [0.3, 0.4) is 0 Å². The largest absolute Gasteiger partial charge is 0.394 e. The van der Waals surface area contributed by atoms with Gasteiger partial charge in [0.1, 0.15) is 0 Å². The van der Waals surface area contributed by atoms with E-state index in [0.717, 1.165) is 32.2 Å². The SMILES string of the molecule is O=C(C1C2CCc3ccccc3C21)N1CCC[C@@H]1CO. The first kappa shape index (κ1) is 12.4. The molecule has 2 aliphatic carbocycles. The average Bonchev–Trinajstić information content (AvgIpc) is 3.04. The molecule has 3 nitrogen and oxygen atoms in total. The van der Waals surface area contributed by atoms with Gasteiger partial charge >= 0.3 is 0 Å². The van der Waals surface area contributed by atoms with E-state index in [1.165, 1.54) is 11.1 Å². The summed E-state index contributed by atoms with van der Waals surface area (Å²) in [6, 6.07) is 8.67. The Morgan fingerprint density at radius 1 is 1.30 bits per heavy atom. The summed E-state index contributed by atoms with van der Waals surface area (Å²) in [6.07, 6.45) is 4.26. The average molecular weight is 271 g/mol. The Hall–Kier alpha value is -1.35. The second-order valence-corrected chi connectivity index (χ2v) is 6.46. The third-order valence-corrected chi connectivity index (χ3v) is 5.49. The van der Waals surface area contributed by atoms with Gasteiger partial charge in [-0.1, -0.05) is 24.3 Å². The van der Waals surface area contributed by atoms with Crippen LogP contribution >= 0.6 is 0 Å². The number of carbonyl (C=O) groups is 1. The fourth-order valence-electron chi connectivity index (χ4n) is 4.41. The number of amides is 1. The van der Waals surface area contributed by atoms with Gasteiger partial charge in [0.2, 0.25) is 5.91 Å². The zero-order valence-corrected chi connectivity index (χ0v) is 11.7. The van der Waals surface area contributed by atoms with Crippen LogP contribution in [0.4, 0.5) is 0 Å². The molecule has 4 atom stereocenters. The number of hydrogen-bond donors (Lipinski definition) is 1. The van der Waals surface area contributed by atoms with Crippen LogP contribution in [0.1, 0.15) is 36.3 Å². The first-order valence-corrected chi connectivity index (χ1v) is 7.80. The summed E-state index contributed by atoms with van der Waals surface area (Å²) in [7, 11) is 0. The van der Waals surface area contributed by atoms with Crippen LogP contribution in [-0.2, 0) is 11.2 Å². The van der Waals surface area contributed by atoms with E-state index in [9.17, 15) is 9.90 Å². The molecule has 3 aliphatic rings. The first-order chi connectivity index (χ1) is 9.81. The molecule has 1 saturated carbocycles. The molecule has 1 heterocycles. The maximum atomic E-state index is 12.8. The maximum absolute atomic E-state index is 12.8. The molecule has 1 aliphatic heterocycles. The molecular weight excluding hydrogens is 250 g/mol. The van der Waals surface area contributed by atoms with E-state index in [1.54, 1.807) is 0 Å². The molecule has 1 aromatic rings. The van der Waals surface area contributed by atoms with Crippen molar-refractivity contribution in [3.63, 3.8) is 0 Å². The van der Waals surface area contributed by atoms with Gasteiger partial charge in [-0.3, -0.25) is 4.79 Å². The van der Waals surface area contributed by atoms with Crippen molar-refractivity contribution in [1.29, 1.82) is 0 Å². The van der Waals surface area contributed by atoms with Gasteiger partial charge in [-0.15, -0.1) is 0 Å². The normalized spacial score (nSPS) is 34.5. The van der Waals surface area contributed by atoms with Crippen molar-refractivity contribution in [2.45, 2.75) is 37.6 Å². The maximum Gasteiger partial charge on any atom is 0.226 e. The Bertz CT molecular complexity index is 542. The van der Waals surface area contributed by atoms with Crippen molar-refractivity contribution < 1.29 is 9.90 Å². The number of aliphatic hydroxyl groups excluding tert-OH is 1. The van der Waals surface area contributed by atoms with E-state index >= 15 is 0 Å². The molecule has 106 valence electrons. The van der Waals surface area contributed by atoms with Crippen LogP contribution in [0.25, 0.3) is 0 Å². The smallest absolute Gasteiger partial charge is 0.226 e. The summed E-state index contributed by atoms with van der Waals surface area (Å²) >= 11 is 0. The molecule has 3 heteroatoms. The number of likely N-dealkylation sites (tertiary alicyclic amines) is 1. The Morgan fingerprint density at radius 2 is 2.15 bits per heavy atom. The van der Waals surface area contributed by atoms with Crippen molar-refractivity contribution in [2.24, 2.45) is 11.8 Å². The quantitative estimate of drug-likeness (QED) is 0.893. The molecule has 0 radical (unpaired) electrons. The van der Waals surface area contributed by atoms with Gasteiger partial charge in [0.25, 0.3) is 0 Å². The van der Waals surface area contributed by atoms with Crippen molar-refractivity contribution in [2.75, 3.05) is 13.2 Å². The molecule has 2 fully saturated rings. The van der Waals surface area contributed by atoms with Gasteiger partial charge in [0, 0.05) is 12.5 Å². The number of benzene rings is 1. The van der Waals surface area contributed by atoms with E-state index in [1.807, 2.05) is 4.90 Å². The van der Waals surface area contributed by atoms with Crippen LogP contribution < -0.4 is 0 Å². The number of aryl methyl sites for hydroxylation is 1. The molecule has 1 saturated heterocycles. The minimum Gasteiger partial charge on any atom is -0.394 e. The van der Waals surface area contributed by atoms with Crippen molar-refractivity contribution in [3.05, 3.63) is 35.4 Å². The minimum atomic E-state index is 0.0698. The summed E-state index contributed by atoms with van der Waals surface area (Å²) < 4.78 is 0. The Labute approximate surface area is 119 Å². The van der Waals surface area contributed by atoms with Crippen LogP contribution in [0, 0.1) is 11.8 Å². The van der Waals surface area contributed by atoms with E-state index in [0.29, 0.717) is 17.7 Å². The fraction of sp³-hybridized carbons (Fsp3) is 0.588. The zero-order valence-electron chi connectivity index (χ0n) is 11.7. The van der Waals surface area contributed by atoms with Gasteiger partial charge in [0.05, 0.1) is 12.6 Å². The lowest BCUT2D eigenvalue weighted by molar-refractivity contribution is -0.134. The highest BCUT2D eigenvalue weighted by Gasteiger charge is 2.58. The number of rotatable bonds is 2. The van der Waals surface area contributed by atoms with Gasteiger partial charge in [-0.05, 0) is 48.6 Å². The minimum absolute atomic E-state index is 0.0698. The van der Waals surface area contributed by atoms with Crippen molar-refractivity contribution in [3.8, 4) is 0 Å². The molecule has 20 heavy (non-hydrogen) atoms. The summed E-state index contributed by atoms with van der Waals surface area (Å²) in [5.41, 5.74) is 2.84. The highest BCUT2D eigenvalue weighted by molar-refractivity contribution is 5.84. The molecule has 3 unspecified atom stereocenters. The van der Waals surface area contributed by atoms with Crippen molar-refractivity contribution >= 4 is 5.91 Å². The fourth-order valence-corrected chi connectivity index (χ4v) is 4.41. The molecule has 1 amide bonds. The monoisotopic (exact) mass is 271 g/mol. The standard InChI is InChI=1S/C17H21NO2/c19-10-12-5-3-9-18(12)17(20)16-14-8-7-11-4-1-2-6-13(11)15(14)16/h1-2,4,6,12,14-16,19H,3,5,7-10H2/t12-,14?,15?,16?/m1/s1. The summed E-state index contributed by atoms with van der Waals surface area (Å²) in [6.45, 7) is 0.950. The number of carbonyl (C=O) groups excluding carboxylic acids is 1.